The van der Waals surface area contributed by atoms with Gasteiger partial charge in [0.15, 0.2) is 0 Å². The Morgan fingerprint density at radius 2 is 1.81 bits per heavy atom. The fourth-order valence-corrected chi connectivity index (χ4v) is 5.16. The first-order chi connectivity index (χ1) is 10.3. The summed E-state index contributed by atoms with van der Waals surface area (Å²) < 4.78 is 0. The smallest absolute Gasteiger partial charge is 0.0224 e. The summed E-state index contributed by atoms with van der Waals surface area (Å²) in [4.78, 5) is 2.88. The molecule has 2 heteroatoms. The van der Waals surface area contributed by atoms with Crippen LogP contribution < -0.4 is 5.32 Å². The van der Waals surface area contributed by atoms with Crippen molar-refractivity contribution in [2.45, 2.75) is 83.7 Å². The van der Waals surface area contributed by atoms with E-state index in [2.05, 4.69) is 24.1 Å². The fourth-order valence-electron chi connectivity index (χ4n) is 5.16. The van der Waals surface area contributed by atoms with Crippen LogP contribution in [0.3, 0.4) is 0 Å². The van der Waals surface area contributed by atoms with Crippen LogP contribution in [0.2, 0.25) is 0 Å². The fraction of sp³-hybridized carbons (Fsp3) is 1.00. The number of hydrogen-bond acceptors (Lipinski definition) is 2. The van der Waals surface area contributed by atoms with Crippen LogP contribution in [0.5, 0.6) is 0 Å². The summed E-state index contributed by atoms with van der Waals surface area (Å²) in [5.41, 5.74) is 0. The van der Waals surface area contributed by atoms with Gasteiger partial charge in [-0.15, -0.1) is 0 Å². The van der Waals surface area contributed by atoms with Crippen LogP contribution in [0.15, 0.2) is 0 Å². The van der Waals surface area contributed by atoms with Gasteiger partial charge in [0.2, 0.25) is 0 Å². The molecule has 4 unspecified atom stereocenters. The molecule has 0 aromatic carbocycles. The van der Waals surface area contributed by atoms with Crippen LogP contribution in [0.1, 0.15) is 71.6 Å². The summed E-state index contributed by atoms with van der Waals surface area (Å²) in [6.07, 6.45) is 13.1. The van der Waals surface area contributed by atoms with Crippen molar-refractivity contribution in [3.05, 3.63) is 0 Å². The van der Waals surface area contributed by atoms with Crippen molar-refractivity contribution in [2.75, 3.05) is 19.6 Å². The summed E-state index contributed by atoms with van der Waals surface area (Å²) in [5, 5.41) is 3.91. The van der Waals surface area contributed by atoms with Gasteiger partial charge in [-0.2, -0.15) is 0 Å². The monoisotopic (exact) mass is 292 g/mol. The third-order valence-corrected chi connectivity index (χ3v) is 6.76. The maximum absolute atomic E-state index is 3.91. The summed E-state index contributed by atoms with van der Waals surface area (Å²) in [5.74, 6) is 2.90. The van der Waals surface area contributed by atoms with Crippen molar-refractivity contribution >= 4 is 0 Å². The van der Waals surface area contributed by atoms with Gasteiger partial charge in [0.1, 0.15) is 0 Å². The lowest BCUT2D eigenvalue weighted by molar-refractivity contribution is 0.0738. The van der Waals surface area contributed by atoms with E-state index in [0.717, 1.165) is 29.8 Å². The van der Waals surface area contributed by atoms with Gasteiger partial charge < -0.3 is 5.32 Å². The highest BCUT2D eigenvalue weighted by Crippen LogP contribution is 2.34. The number of piperazine rings is 1. The van der Waals surface area contributed by atoms with Gasteiger partial charge in [0, 0.05) is 31.7 Å². The van der Waals surface area contributed by atoms with E-state index in [9.17, 15) is 0 Å². The van der Waals surface area contributed by atoms with Gasteiger partial charge in [-0.3, -0.25) is 4.90 Å². The van der Waals surface area contributed by atoms with E-state index in [-0.39, 0.29) is 0 Å². The standard InChI is InChI=1S/C19H36N2/c1-3-18-12-20-19(16-9-5-4-6-10-16)14-21(18)13-17-11-7-8-15(17)2/h15-20H,3-14H2,1-2H3. The molecule has 1 aliphatic heterocycles. The SMILES string of the molecule is CCC1CNC(C2CCCCC2)CN1CC1CCCC1C. The normalized spacial score (nSPS) is 39.7. The topological polar surface area (TPSA) is 15.3 Å². The third kappa shape index (κ3) is 3.82. The zero-order valence-corrected chi connectivity index (χ0v) is 14.3. The summed E-state index contributed by atoms with van der Waals surface area (Å²) in [6, 6.07) is 1.57. The number of hydrogen-bond donors (Lipinski definition) is 1. The largest absolute Gasteiger partial charge is 0.311 e. The summed E-state index contributed by atoms with van der Waals surface area (Å²) in [6.45, 7) is 8.80. The summed E-state index contributed by atoms with van der Waals surface area (Å²) >= 11 is 0. The van der Waals surface area contributed by atoms with E-state index in [1.54, 1.807) is 0 Å². The lowest BCUT2D eigenvalue weighted by Crippen LogP contribution is -2.59. The molecule has 3 rings (SSSR count). The molecule has 0 radical (unpaired) electrons. The molecule has 2 nitrogen and oxygen atoms in total. The molecule has 2 saturated carbocycles. The first kappa shape index (κ1) is 15.8. The molecule has 3 aliphatic rings. The maximum Gasteiger partial charge on any atom is 0.0224 e. The summed E-state index contributed by atoms with van der Waals surface area (Å²) in [7, 11) is 0. The Hall–Kier alpha value is -0.0800. The van der Waals surface area contributed by atoms with E-state index in [4.69, 9.17) is 0 Å². The molecule has 122 valence electrons. The van der Waals surface area contributed by atoms with Crippen LogP contribution >= 0.6 is 0 Å². The number of rotatable bonds is 4. The van der Waals surface area contributed by atoms with Crippen LogP contribution in [-0.4, -0.2) is 36.6 Å². The Kier molecular flexibility index (Phi) is 5.61. The quantitative estimate of drug-likeness (QED) is 0.841. The predicted octanol–water partition coefficient (Wildman–Crippen LogP) is 4.06. The molecule has 0 bridgehead atoms. The molecule has 3 fully saturated rings. The van der Waals surface area contributed by atoms with Gasteiger partial charge in [-0.1, -0.05) is 46.0 Å². The second kappa shape index (κ2) is 7.46. The zero-order valence-electron chi connectivity index (χ0n) is 14.3. The van der Waals surface area contributed by atoms with Gasteiger partial charge in [0.05, 0.1) is 0 Å². The van der Waals surface area contributed by atoms with Crippen molar-refractivity contribution in [1.82, 2.24) is 10.2 Å². The van der Waals surface area contributed by atoms with Crippen LogP contribution in [0.25, 0.3) is 0 Å². The number of nitrogens with one attached hydrogen (secondary N) is 1. The first-order valence-corrected chi connectivity index (χ1v) is 9.75. The zero-order chi connectivity index (χ0) is 14.7. The van der Waals surface area contributed by atoms with Crippen molar-refractivity contribution in [3.8, 4) is 0 Å². The van der Waals surface area contributed by atoms with Gasteiger partial charge in [0.25, 0.3) is 0 Å². The first-order valence-electron chi connectivity index (χ1n) is 9.75. The Morgan fingerprint density at radius 1 is 1.00 bits per heavy atom. The van der Waals surface area contributed by atoms with Crippen molar-refractivity contribution in [1.29, 1.82) is 0 Å². The lowest BCUT2D eigenvalue weighted by atomic mass is 9.82. The highest BCUT2D eigenvalue weighted by Gasteiger charge is 2.34. The van der Waals surface area contributed by atoms with E-state index in [1.165, 1.54) is 77.4 Å². The Balaban J connectivity index is 1.58. The van der Waals surface area contributed by atoms with Crippen molar-refractivity contribution < 1.29 is 0 Å². The molecule has 1 N–H and O–H groups in total. The second-order valence-electron chi connectivity index (χ2n) is 8.10. The third-order valence-electron chi connectivity index (χ3n) is 6.76. The minimum absolute atomic E-state index is 0.782. The molecule has 0 aromatic heterocycles. The minimum atomic E-state index is 0.782. The molecule has 4 atom stereocenters. The average molecular weight is 293 g/mol. The molecule has 2 aliphatic carbocycles. The molecule has 1 saturated heterocycles. The molecular weight excluding hydrogens is 256 g/mol. The van der Waals surface area contributed by atoms with Gasteiger partial charge in [-0.25, -0.2) is 0 Å². The van der Waals surface area contributed by atoms with E-state index < -0.39 is 0 Å². The van der Waals surface area contributed by atoms with Crippen molar-refractivity contribution in [2.24, 2.45) is 17.8 Å². The van der Waals surface area contributed by atoms with Crippen LogP contribution in [-0.2, 0) is 0 Å². The van der Waals surface area contributed by atoms with Crippen LogP contribution in [0, 0.1) is 17.8 Å². The molecular formula is C19H36N2. The van der Waals surface area contributed by atoms with Gasteiger partial charge >= 0.3 is 0 Å². The van der Waals surface area contributed by atoms with Gasteiger partial charge in [-0.05, 0) is 43.4 Å². The molecule has 21 heavy (non-hydrogen) atoms. The Morgan fingerprint density at radius 3 is 2.48 bits per heavy atom. The number of nitrogens with zero attached hydrogens (tertiary/aromatic N) is 1. The van der Waals surface area contributed by atoms with Crippen LogP contribution in [0.4, 0.5) is 0 Å². The van der Waals surface area contributed by atoms with E-state index in [1.807, 2.05) is 0 Å². The highest BCUT2D eigenvalue weighted by atomic mass is 15.2. The highest BCUT2D eigenvalue weighted by molar-refractivity contribution is 4.91. The average Bonchev–Trinajstić information content (AvgIpc) is 2.93. The maximum atomic E-state index is 3.91. The Labute approximate surface area is 132 Å². The second-order valence-corrected chi connectivity index (χ2v) is 8.10. The minimum Gasteiger partial charge on any atom is -0.311 e. The Bertz CT molecular complexity index is 311. The van der Waals surface area contributed by atoms with E-state index in [0.29, 0.717) is 0 Å². The lowest BCUT2D eigenvalue weighted by Gasteiger charge is -2.45. The molecule has 0 aromatic rings. The van der Waals surface area contributed by atoms with Crippen molar-refractivity contribution in [3.63, 3.8) is 0 Å². The molecule has 0 spiro atoms. The van der Waals surface area contributed by atoms with E-state index >= 15 is 0 Å². The molecule has 1 heterocycles. The predicted molar refractivity (Wildman–Crippen MR) is 90.5 cm³/mol. The molecule has 0 amide bonds.